The normalized spacial score (nSPS) is 19.1. The molecule has 0 aromatic heterocycles. The molecular weight excluding hydrogens is 406 g/mol. The molecule has 9 heteroatoms. The van der Waals surface area contributed by atoms with Crippen molar-refractivity contribution in [2.24, 2.45) is 0 Å². The van der Waals surface area contributed by atoms with Crippen LogP contribution in [0.25, 0.3) is 0 Å². The van der Waals surface area contributed by atoms with Gasteiger partial charge in [-0.2, -0.15) is 4.31 Å². The molecule has 0 spiro atoms. The van der Waals surface area contributed by atoms with Crippen molar-refractivity contribution in [1.82, 2.24) is 4.31 Å². The average Bonchev–Trinajstić information content (AvgIpc) is 3.29. The van der Waals surface area contributed by atoms with Crippen LogP contribution < -0.4 is 15.0 Å². The van der Waals surface area contributed by atoms with E-state index in [1.165, 1.54) is 28.3 Å². The van der Waals surface area contributed by atoms with Gasteiger partial charge in [0.2, 0.25) is 15.9 Å². The zero-order chi connectivity index (χ0) is 21.3. The van der Waals surface area contributed by atoms with E-state index in [1.54, 1.807) is 36.4 Å². The zero-order valence-corrected chi connectivity index (χ0v) is 17.4. The van der Waals surface area contributed by atoms with Crippen LogP contribution >= 0.6 is 0 Å². The Morgan fingerprint density at radius 2 is 1.80 bits per heavy atom. The first-order chi connectivity index (χ1) is 14.4. The van der Waals surface area contributed by atoms with E-state index in [0.29, 0.717) is 30.2 Å². The standard InChI is InChI=1S/C21H23N3O5S/c1-15(25)24-14-20(29-19-10-3-2-9-18(19)24)21(26)22-16-7-6-8-17(13-16)30(27,28)23-11-4-5-12-23/h2-3,6-10,13,20H,4-5,11-12,14H2,1H3,(H,22,26)/t20-/m0/s1. The van der Waals surface area contributed by atoms with E-state index in [1.807, 2.05) is 0 Å². The molecule has 1 saturated heterocycles. The summed E-state index contributed by atoms with van der Waals surface area (Å²) in [6.45, 7) is 2.53. The number of hydrogen-bond donors (Lipinski definition) is 1. The summed E-state index contributed by atoms with van der Waals surface area (Å²) in [5.74, 6) is -0.196. The molecular formula is C21H23N3O5S. The summed E-state index contributed by atoms with van der Waals surface area (Å²) in [6.07, 6.45) is 0.786. The van der Waals surface area contributed by atoms with E-state index in [2.05, 4.69) is 5.32 Å². The number of para-hydroxylation sites is 2. The van der Waals surface area contributed by atoms with Crippen molar-refractivity contribution in [3.63, 3.8) is 0 Å². The second-order valence-corrected chi connectivity index (χ2v) is 9.27. The Kier molecular flexibility index (Phi) is 5.48. The molecule has 1 fully saturated rings. The van der Waals surface area contributed by atoms with Gasteiger partial charge < -0.3 is 15.0 Å². The van der Waals surface area contributed by atoms with E-state index in [9.17, 15) is 18.0 Å². The fourth-order valence-corrected chi connectivity index (χ4v) is 5.27. The molecule has 0 saturated carbocycles. The van der Waals surface area contributed by atoms with Gasteiger partial charge in [-0.3, -0.25) is 9.59 Å². The van der Waals surface area contributed by atoms with Crippen molar-refractivity contribution in [3.8, 4) is 5.75 Å². The molecule has 0 bridgehead atoms. The number of amides is 2. The summed E-state index contributed by atoms with van der Waals surface area (Å²) in [7, 11) is -3.58. The van der Waals surface area contributed by atoms with Crippen molar-refractivity contribution in [3.05, 3.63) is 48.5 Å². The zero-order valence-electron chi connectivity index (χ0n) is 16.6. The van der Waals surface area contributed by atoms with Crippen LogP contribution in [0.15, 0.2) is 53.4 Å². The number of rotatable bonds is 4. The lowest BCUT2D eigenvalue weighted by Crippen LogP contribution is -2.48. The highest BCUT2D eigenvalue weighted by Gasteiger charge is 2.33. The third-order valence-electron chi connectivity index (χ3n) is 5.25. The Hall–Kier alpha value is -2.91. The fourth-order valence-electron chi connectivity index (χ4n) is 3.70. The van der Waals surface area contributed by atoms with Gasteiger partial charge in [0.25, 0.3) is 5.91 Å². The number of carbonyl (C=O) groups is 2. The highest BCUT2D eigenvalue weighted by atomic mass is 32.2. The molecule has 2 heterocycles. The second kappa shape index (κ2) is 8.08. The number of benzene rings is 2. The first kappa shape index (κ1) is 20.4. The van der Waals surface area contributed by atoms with Crippen molar-refractivity contribution in [2.45, 2.75) is 30.8 Å². The van der Waals surface area contributed by atoms with Crippen LogP contribution in [0.4, 0.5) is 11.4 Å². The van der Waals surface area contributed by atoms with Gasteiger partial charge in [-0.15, -0.1) is 0 Å². The van der Waals surface area contributed by atoms with Crippen LogP contribution in [0.1, 0.15) is 19.8 Å². The summed E-state index contributed by atoms with van der Waals surface area (Å²) in [6, 6.07) is 13.2. The largest absolute Gasteiger partial charge is 0.476 e. The fraction of sp³-hybridized carbons (Fsp3) is 0.333. The van der Waals surface area contributed by atoms with Gasteiger partial charge in [0, 0.05) is 25.7 Å². The molecule has 4 rings (SSSR count). The minimum Gasteiger partial charge on any atom is -0.476 e. The molecule has 0 unspecified atom stereocenters. The van der Waals surface area contributed by atoms with Gasteiger partial charge in [-0.05, 0) is 43.2 Å². The van der Waals surface area contributed by atoms with Gasteiger partial charge in [-0.1, -0.05) is 18.2 Å². The van der Waals surface area contributed by atoms with Crippen molar-refractivity contribution in [2.75, 3.05) is 29.9 Å². The predicted molar refractivity (Wildman–Crippen MR) is 112 cm³/mol. The molecule has 1 atom stereocenters. The maximum absolute atomic E-state index is 12.8. The summed E-state index contributed by atoms with van der Waals surface area (Å²) in [5.41, 5.74) is 0.977. The Morgan fingerprint density at radius 1 is 1.07 bits per heavy atom. The van der Waals surface area contributed by atoms with E-state index in [-0.39, 0.29) is 17.3 Å². The number of anilines is 2. The van der Waals surface area contributed by atoms with Crippen LogP contribution in [-0.4, -0.2) is 50.3 Å². The van der Waals surface area contributed by atoms with Crippen LogP contribution in [0.2, 0.25) is 0 Å². The Balaban J connectivity index is 1.53. The van der Waals surface area contributed by atoms with Crippen LogP contribution in [0.5, 0.6) is 5.75 Å². The highest BCUT2D eigenvalue weighted by molar-refractivity contribution is 7.89. The molecule has 1 N–H and O–H groups in total. The van der Waals surface area contributed by atoms with E-state index in [4.69, 9.17) is 4.74 Å². The maximum Gasteiger partial charge on any atom is 0.267 e. The Morgan fingerprint density at radius 3 is 2.53 bits per heavy atom. The lowest BCUT2D eigenvalue weighted by atomic mass is 10.1. The smallest absolute Gasteiger partial charge is 0.267 e. The van der Waals surface area contributed by atoms with Crippen molar-refractivity contribution in [1.29, 1.82) is 0 Å². The number of carbonyl (C=O) groups excluding carboxylic acids is 2. The second-order valence-electron chi connectivity index (χ2n) is 7.33. The molecule has 158 valence electrons. The monoisotopic (exact) mass is 429 g/mol. The van der Waals surface area contributed by atoms with Gasteiger partial charge in [0.1, 0.15) is 5.75 Å². The maximum atomic E-state index is 12.8. The molecule has 30 heavy (non-hydrogen) atoms. The first-order valence-corrected chi connectivity index (χ1v) is 11.2. The van der Waals surface area contributed by atoms with Crippen LogP contribution in [0, 0.1) is 0 Å². The molecule has 2 aromatic rings. The van der Waals surface area contributed by atoms with E-state index < -0.39 is 22.0 Å². The molecule has 2 aromatic carbocycles. The molecule has 0 aliphatic carbocycles. The number of ether oxygens (including phenoxy) is 1. The molecule has 2 aliphatic heterocycles. The lowest BCUT2D eigenvalue weighted by Gasteiger charge is -2.33. The summed E-state index contributed by atoms with van der Waals surface area (Å²) in [4.78, 5) is 26.5. The van der Waals surface area contributed by atoms with Crippen LogP contribution in [0.3, 0.4) is 0 Å². The average molecular weight is 429 g/mol. The molecule has 8 nitrogen and oxygen atoms in total. The SMILES string of the molecule is CC(=O)N1C[C@@H](C(=O)Nc2cccc(S(=O)(=O)N3CCCC3)c2)Oc2ccccc21. The van der Waals surface area contributed by atoms with Crippen molar-refractivity contribution < 1.29 is 22.7 Å². The van der Waals surface area contributed by atoms with Gasteiger partial charge >= 0.3 is 0 Å². The summed E-state index contributed by atoms with van der Waals surface area (Å²) < 4.78 is 32.8. The Bertz CT molecular complexity index is 1080. The van der Waals surface area contributed by atoms with Gasteiger partial charge in [0.15, 0.2) is 6.10 Å². The molecule has 0 radical (unpaired) electrons. The minimum absolute atomic E-state index is 0.0734. The number of nitrogens with one attached hydrogen (secondary N) is 1. The third-order valence-corrected chi connectivity index (χ3v) is 7.15. The number of hydrogen-bond acceptors (Lipinski definition) is 5. The molecule has 2 amide bonds. The number of nitrogens with zero attached hydrogens (tertiary/aromatic N) is 2. The van der Waals surface area contributed by atoms with Crippen LogP contribution in [-0.2, 0) is 19.6 Å². The van der Waals surface area contributed by atoms with Gasteiger partial charge in [-0.25, -0.2) is 8.42 Å². The summed E-state index contributed by atoms with van der Waals surface area (Å²) in [5, 5.41) is 2.72. The van der Waals surface area contributed by atoms with Crippen molar-refractivity contribution >= 4 is 33.2 Å². The van der Waals surface area contributed by atoms with Gasteiger partial charge in [0.05, 0.1) is 17.1 Å². The predicted octanol–water partition coefficient (Wildman–Crippen LogP) is 2.22. The van der Waals surface area contributed by atoms with E-state index >= 15 is 0 Å². The first-order valence-electron chi connectivity index (χ1n) is 9.81. The topological polar surface area (TPSA) is 96.0 Å². The molecule has 2 aliphatic rings. The van der Waals surface area contributed by atoms with E-state index in [0.717, 1.165) is 12.8 Å². The lowest BCUT2D eigenvalue weighted by molar-refractivity contribution is -0.123. The highest BCUT2D eigenvalue weighted by Crippen LogP contribution is 2.33. The number of fused-ring (bicyclic) bond motifs is 1. The minimum atomic E-state index is -3.58. The Labute approximate surface area is 175 Å². The summed E-state index contributed by atoms with van der Waals surface area (Å²) >= 11 is 0. The third kappa shape index (κ3) is 3.90. The quantitative estimate of drug-likeness (QED) is 0.804. The number of sulfonamides is 1.